The predicted molar refractivity (Wildman–Crippen MR) is 121 cm³/mol. The molecule has 2 heterocycles. The molecule has 2 N–H and O–H groups in total. The molecule has 1 aromatic carbocycles. The minimum absolute atomic E-state index is 0.0114. The second-order valence-corrected chi connectivity index (χ2v) is 7.68. The molecule has 7 nitrogen and oxygen atoms in total. The van der Waals surface area contributed by atoms with E-state index in [1.165, 1.54) is 0 Å². The topological polar surface area (TPSA) is 83.8 Å². The van der Waals surface area contributed by atoms with Gasteiger partial charge in [0.1, 0.15) is 11.5 Å². The molecule has 1 fully saturated rings. The standard InChI is InChI=1S/C24H31N3O4/c1-2-3-16-30-22-8-6-20(7-9-22)26-24(29)25-18-19-12-14-27(15-13-19)23(28)11-10-21-5-4-17-31-21/h4-11,17,19H,2-3,12-16,18H2,1H3,(H2,25,26,29)/b11-10+. The first-order valence-electron chi connectivity index (χ1n) is 10.9. The number of carbonyl (C=O) groups excluding carboxylic acids is 2. The number of hydrogen-bond acceptors (Lipinski definition) is 4. The molecule has 0 aliphatic carbocycles. The minimum Gasteiger partial charge on any atom is -0.494 e. The Morgan fingerprint density at radius 2 is 1.97 bits per heavy atom. The third-order valence-corrected chi connectivity index (χ3v) is 5.29. The molecular formula is C24H31N3O4. The molecule has 1 aliphatic heterocycles. The van der Waals surface area contributed by atoms with Crippen LogP contribution in [0.25, 0.3) is 6.08 Å². The lowest BCUT2D eigenvalue weighted by Crippen LogP contribution is -2.41. The van der Waals surface area contributed by atoms with Gasteiger partial charge in [-0.1, -0.05) is 13.3 Å². The summed E-state index contributed by atoms with van der Waals surface area (Å²) in [6, 6.07) is 10.8. The fourth-order valence-electron chi connectivity index (χ4n) is 3.38. The van der Waals surface area contributed by atoms with Gasteiger partial charge in [0.15, 0.2) is 0 Å². The molecule has 0 atom stereocenters. The summed E-state index contributed by atoms with van der Waals surface area (Å²) >= 11 is 0. The van der Waals surface area contributed by atoms with Crippen molar-refractivity contribution in [2.75, 3.05) is 31.6 Å². The van der Waals surface area contributed by atoms with E-state index < -0.39 is 0 Å². The van der Waals surface area contributed by atoms with Crippen molar-refractivity contribution >= 4 is 23.7 Å². The zero-order chi connectivity index (χ0) is 21.9. The molecule has 3 amide bonds. The van der Waals surface area contributed by atoms with Crippen LogP contribution in [-0.4, -0.2) is 43.1 Å². The van der Waals surface area contributed by atoms with E-state index in [1.54, 1.807) is 24.5 Å². The zero-order valence-electron chi connectivity index (χ0n) is 18.0. The average molecular weight is 426 g/mol. The molecule has 1 saturated heterocycles. The predicted octanol–water partition coefficient (Wildman–Crippen LogP) is 4.53. The van der Waals surface area contributed by atoms with Gasteiger partial charge in [-0.25, -0.2) is 4.79 Å². The lowest BCUT2D eigenvalue weighted by Gasteiger charge is -2.31. The number of unbranched alkanes of at least 4 members (excludes halogenated alkanes) is 1. The number of piperidine rings is 1. The summed E-state index contributed by atoms with van der Waals surface area (Å²) in [6.07, 6.45) is 8.66. The van der Waals surface area contributed by atoms with Crippen molar-refractivity contribution < 1.29 is 18.7 Å². The fraction of sp³-hybridized carbons (Fsp3) is 0.417. The number of amides is 3. The third-order valence-electron chi connectivity index (χ3n) is 5.29. The highest BCUT2D eigenvalue weighted by atomic mass is 16.5. The third kappa shape index (κ3) is 7.51. The Bertz CT molecular complexity index is 838. The van der Waals surface area contributed by atoms with Crippen LogP contribution in [0.5, 0.6) is 5.75 Å². The summed E-state index contributed by atoms with van der Waals surface area (Å²) in [4.78, 5) is 26.3. The number of nitrogens with zero attached hydrogens (tertiary/aromatic N) is 1. The lowest BCUT2D eigenvalue weighted by atomic mass is 9.97. The molecule has 0 spiro atoms. The average Bonchev–Trinajstić information content (AvgIpc) is 3.31. The second-order valence-electron chi connectivity index (χ2n) is 7.68. The van der Waals surface area contributed by atoms with Gasteiger partial charge in [0, 0.05) is 31.4 Å². The van der Waals surface area contributed by atoms with E-state index >= 15 is 0 Å². The van der Waals surface area contributed by atoms with Crippen molar-refractivity contribution in [2.45, 2.75) is 32.6 Å². The van der Waals surface area contributed by atoms with E-state index in [1.807, 2.05) is 35.2 Å². The van der Waals surface area contributed by atoms with E-state index in [4.69, 9.17) is 9.15 Å². The molecule has 0 saturated carbocycles. The highest BCUT2D eigenvalue weighted by Crippen LogP contribution is 2.18. The Morgan fingerprint density at radius 1 is 1.19 bits per heavy atom. The summed E-state index contributed by atoms with van der Waals surface area (Å²) < 4.78 is 10.8. The normalized spacial score (nSPS) is 14.5. The Hall–Kier alpha value is -3.22. The molecular weight excluding hydrogens is 394 g/mol. The van der Waals surface area contributed by atoms with E-state index in [0.717, 1.165) is 37.1 Å². The maximum Gasteiger partial charge on any atom is 0.319 e. The van der Waals surface area contributed by atoms with Crippen LogP contribution in [-0.2, 0) is 4.79 Å². The zero-order valence-corrected chi connectivity index (χ0v) is 18.0. The van der Waals surface area contributed by atoms with Crippen LogP contribution in [0.4, 0.5) is 10.5 Å². The number of hydrogen-bond donors (Lipinski definition) is 2. The van der Waals surface area contributed by atoms with Crippen LogP contribution in [0.3, 0.4) is 0 Å². The van der Waals surface area contributed by atoms with Crippen molar-refractivity contribution in [1.82, 2.24) is 10.2 Å². The summed E-state index contributed by atoms with van der Waals surface area (Å²) in [5.74, 6) is 1.82. The molecule has 0 bridgehead atoms. The monoisotopic (exact) mass is 425 g/mol. The van der Waals surface area contributed by atoms with Gasteiger partial charge in [-0.2, -0.15) is 0 Å². The fourth-order valence-corrected chi connectivity index (χ4v) is 3.38. The van der Waals surface area contributed by atoms with Gasteiger partial charge in [-0.05, 0) is 67.7 Å². The van der Waals surface area contributed by atoms with Crippen LogP contribution in [0.15, 0.2) is 53.2 Å². The van der Waals surface area contributed by atoms with Crippen LogP contribution in [0, 0.1) is 5.92 Å². The summed E-state index contributed by atoms with van der Waals surface area (Å²) in [5, 5.41) is 5.78. The Labute approximate surface area is 183 Å². The molecule has 1 aliphatic rings. The van der Waals surface area contributed by atoms with Gasteiger partial charge in [0.2, 0.25) is 5.91 Å². The molecule has 0 radical (unpaired) electrons. The van der Waals surface area contributed by atoms with Crippen molar-refractivity contribution in [1.29, 1.82) is 0 Å². The number of ether oxygens (including phenoxy) is 1. The van der Waals surface area contributed by atoms with E-state index in [0.29, 0.717) is 37.9 Å². The van der Waals surface area contributed by atoms with Crippen LogP contribution >= 0.6 is 0 Å². The Balaban J connectivity index is 1.33. The molecule has 31 heavy (non-hydrogen) atoms. The van der Waals surface area contributed by atoms with Crippen molar-refractivity contribution in [2.24, 2.45) is 5.92 Å². The second kappa shape index (κ2) is 11.8. The van der Waals surface area contributed by atoms with Crippen LogP contribution in [0.2, 0.25) is 0 Å². The molecule has 1 aromatic heterocycles. The number of urea groups is 1. The quantitative estimate of drug-likeness (QED) is 0.457. The minimum atomic E-state index is -0.223. The molecule has 166 valence electrons. The summed E-state index contributed by atoms with van der Waals surface area (Å²) in [6.45, 7) is 4.80. The number of furan rings is 1. The first-order chi connectivity index (χ1) is 15.1. The summed E-state index contributed by atoms with van der Waals surface area (Å²) in [7, 11) is 0. The number of benzene rings is 1. The smallest absolute Gasteiger partial charge is 0.319 e. The maximum absolute atomic E-state index is 12.3. The lowest BCUT2D eigenvalue weighted by molar-refractivity contribution is -0.127. The first kappa shape index (κ1) is 22.5. The molecule has 7 heteroatoms. The number of anilines is 1. The number of likely N-dealkylation sites (tertiary alicyclic amines) is 1. The Morgan fingerprint density at radius 3 is 2.65 bits per heavy atom. The van der Waals surface area contributed by atoms with E-state index in [2.05, 4.69) is 17.6 Å². The van der Waals surface area contributed by atoms with Gasteiger partial charge >= 0.3 is 6.03 Å². The van der Waals surface area contributed by atoms with Crippen molar-refractivity contribution in [3.8, 4) is 5.75 Å². The number of rotatable bonds is 9. The van der Waals surface area contributed by atoms with E-state index in [9.17, 15) is 9.59 Å². The van der Waals surface area contributed by atoms with Gasteiger partial charge in [-0.3, -0.25) is 4.79 Å². The maximum atomic E-state index is 12.3. The van der Waals surface area contributed by atoms with Crippen molar-refractivity contribution in [3.05, 3.63) is 54.5 Å². The summed E-state index contributed by atoms with van der Waals surface area (Å²) in [5.41, 5.74) is 0.726. The molecule has 3 rings (SSSR count). The first-order valence-corrected chi connectivity index (χ1v) is 10.9. The van der Waals surface area contributed by atoms with E-state index in [-0.39, 0.29) is 11.9 Å². The largest absolute Gasteiger partial charge is 0.494 e. The molecule has 0 unspecified atom stereocenters. The van der Waals surface area contributed by atoms with Crippen LogP contribution < -0.4 is 15.4 Å². The SMILES string of the molecule is CCCCOc1ccc(NC(=O)NCC2CCN(C(=O)/C=C/c3ccco3)CC2)cc1. The van der Waals surface area contributed by atoms with Gasteiger partial charge in [-0.15, -0.1) is 0 Å². The Kier molecular flexibility index (Phi) is 8.58. The van der Waals surface area contributed by atoms with Crippen molar-refractivity contribution in [3.63, 3.8) is 0 Å². The number of carbonyl (C=O) groups is 2. The highest BCUT2D eigenvalue weighted by Gasteiger charge is 2.22. The van der Waals surface area contributed by atoms with Crippen LogP contribution in [0.1, 0.15) is 38.4 Å². The highest BCUT2D eigenvalue weighted by molar-refractivity contribution is 5.91. The molecule has 2 aromatic rings. The van der Waals surface area contributed by atoms with Gasteiger partial charge < -0.3 is 24.7 Å². The van der Waals surface area contributed by atoms with Gasteiger partial charge in [0.05, 0.1) is 12.9 Å². The number of nitrogens with one attached hydrogen (secondary N) is 2. The van der Waals surface area contributed by atoms with Gasteiger partial charge in [0.25, 0.3) is 0 Å².